The third kappa shape index (κ3) is 3.79. The van der Waals surface area contributed by atoms with Crippen molar-refractivity contribution in [1.82, 2.24) is 9.97 Å². The summed E-state index contributed by atoms with van der Waals surface area (Å²) in [4.78, 5) is 15.6. The second kappa shape index (κ2) is 7.78. The highest BCUT2D eigenvalue weighted by atomic mass is 19.1. The van der Waals surface area contributed by atoms with Gasteiger partial charge in [0, 0.05) is 42.9 Å². The van der Waals surface area contributed by atoms with Crippen LogP contribution in [-0.4, -0.2) is 36.3 Å². The summed E-state index contributed by atoms with van der Waals surface area (Å²) in [7, 11) is 1.63. The number of hydrogen-bond donors (Lipinski definition) is 1. The predicted molar refractivity (Wildman–Crippen MR) is 118 cm³/mol. The quantitative estimate of drug-likeness (QED) is 0.525. The molecule has 2 unspecified atom stereocenters. The highest BCUT2D eigenvalue weighted by Crippen LogP contribution is 2.30. The van der Waals surface area contributed by atoms with Crippen LogP contribution in [0.1, 0.15) is 25.8 Å². The average molecular weight is 391 g/mol. The zero-order chi connectivity index (χ0) is 20.5. The van der Waals surface area contributed by atoms with Gasteiger partial charge in [0.1, 0.15) is 5.82 Å². The Labute approximate surface area is 170 Å². The third-order valence-corrected chi connectivity index (χ3v) is 5.95. The number of nitrogen functional groups attached to an aromatic ring is 1. The zero-order valence-corrected chi connectivity index (χ0v) is 17.1. The first-order valence-corrected chi connectivity index (χ1v) is 9.99. The number of fused-ring (bicyclic) bond motifs is 1. The molecule has 1 aromatic carbocycles. The molecule has 29 heavy (non-hydrogen) atoms. The molecule has 1 aliphatic rings. The molecule has 150 valence electrons. The first-order chi connectivity index (χ1) is 14.0. The third-order valence-electron chi connectivity index (χ3n) is 5.95. The number of piperidine rings is 1. The molecule has 0 aliphatic carbocycles. The van der Waals surface area contributed by atoms with Crippen LogP contribution in [0.2, 0.25) is 0 Å². The number of nitrogens with two attached hydrogens (primary N) is 1. The highest BCUT2D eigenvalue weighted by Gasteiger charge is 2.23. The second-order valence-corrected chi connectivity index (χ2v) is 7.97. The van der Waals surface area contributed by atoms with Gasteiger partial charge in [-0.05, 0) is 48.6 Å². The Morgan fingerprint density at radius 2 is 2.03 bits per heavy atom. The van der Waals surface area contributed by atoms with E-state index in [2.05, 4.69) is 39.8 Å². The molecule has 0 amide bonds. The lowest BCUT2D eigenvalue weighted by Crippen LogP contribution is -2.38. The number of anilines is 2. The molecular formula is C23H26FN5. The Balaban J connectivity index is 1.67. The molecule has 1 aliphatic heterocycles. The summed E-state index contributed by atoms with van der Waals surface area (Å²) >= 11 is 0. The van der Waals surface area contributed by atoms with Crippen molar-refractivity contribution in [3.63, 3.8) is 0 Å². The van der Waals surface area contributed by atoms with E-state index < -0.39 is 5.82 Å². The Kier molecular flexibility index (Phi) is 5.18. The summed E-state index contributed by atoms with van der Waals surface area (Å²) < 4.78 is 14.2. The number of aromatic nitrogens is 2. The van der Waals surface area contributed by atoms with Crippen LogP contribution in [0.25, 0.3) is 22.3 Å². The summed E-state index contributed by atoms with van der Waals surface area (Å²) in [5.41, 5.74) is 9.52. The largest absolute Gasteiger partial charge is 0.396 e. The summed E-state index contributed by atoms with van der Waals surface area (Å²) in [5.74, 6) is 0.948. The molecule has 4 rings (SSSR count). The topological polar surface area (TPSA) is 67.4 Å². The van der Waals surface area contributed by atoms with Gasteiger partial charge in [-0.25, -0.2) is 14.4 Å². The summed E-state index contributed by atoms with van der Waals surface area (Å²) in [6.07, 6.45) is 4.64. The van der Waals surface area contributed by atoms with Crippen molar-refractivity contribution in [2.45, 2.75) is 20.3 Å². The molecule has 6 heteroatoms. The van der Waals surface area contributed by atoms with E-state index in [1.807, 2.05) is 18.3 Å². The van der Waals surface area contributed by atoms with Crippen LogP contribution in [0, 0.1) is 17.7 Å². The number of rotatable bonds is 3. The van der Waals surface area contributed by atoms with Gasteiger partial charge in [0.25, 0.3) is 0 Å². The molecule has 5 nitrogen and oxygen atoms in total. The number of benzene rings is 1. The molecular weight excluding hydrogens is 365 g/mol. The minimum Gasteiger partial charge on any atom is -0.396 e. The van der Waals surface area contributed by atoms with E-state index >= 15 is 0 Å². The maximum Gasteiger partial charge on any atom is 0.159 e. The van der Waals surface area contributed by atoms with Gasteiger partial charge in [-0.3, -0.25) is 4.99 Å². The van der Waals surface area contributed by atoms with Crippen molar-refractivity contribution in [3.8, 4) is 11.3 Å². The summed E-state index contributed by atoms with van der Waals surface area (Å²) in [6.45, 7) is 6.73. The maximum atomic E-state index is 14.2. The minimum atomic E-state index is -0.476. The van der Waals surface area contributed by atoms with Gasteiger partial charge in [-0.1, -0.05) is 13.8 Å². The number of halogens is 1. The lowest BCUT2D eigenvalue weighted by molar-refractivity contribution is 0.324. The van der Waals surface area contributed by atoms with Crippen molar-refractivity contribution in [1.29, 1.82) is 0 Å². The van der Waals surface area contributed by atoms with E-state index in [9.17, 15) is 4.39 Å². The number of hydrogen-bond acceptors (Lipinski definition) is 5. The molecule has 3 aromatic rings. The van der Waals surface area contributed by atoms with Gasteiger partial charge < -0.3 is 10.6 Å². The van der Waals surface area contributed by atoms with Crippen molar-refractivity contribution >= 4 is 28.6 Å². The molecule has 0 spiro atoms. The van der Waals surface area contributed by atoms with E-state index in [4.69, 9.17) is 5.73 Å². The summed E-state index contributed by atoms with van der Waals surface area (Å²) in [5, 5.41) is 0.976. The van der Waals surface area contributed by atoms with Crippen molar-refractivity contribution < 1.29 is 4.39 Å². The Hall–Kier alpha value is -3.02. The van der Waals surface area contributed by atoms with Gasteiger partial charge in [0.15, 0.2) is 5.65 Å². The number of nitrogens with zero attached hydrogens (tertiary/aromatic N) is 4. The van der Waals surface area contributed by atoms with Gasteiger partial charge in [-0.15, -0.1) is 0 Å². The van der Waals surface area contributed by atoms with Crippen molar-refractivity contribution in [2.24, 2.45) is 16.8 Å². The van der Waals surface area contributed by atoms with Crippen LogP contribution in [0.3, 0.4) is 0 Å². The lowest BCUT2D eigenvalue weighted by Gasteiger charge is -2.36. The average Bonchev–Trinajstić information content (AvgIpc) is 2.72. The smallest absolute Gasteiger partial charge is 0.159 e. The second-order valence-electron chi connectivity index (χ2n) is 7.97. The van der Waals surface area contributed by atoms with Crippen molar-refractivity contribution in [2.75, 3.05) is 30.8 Å². The van der Waals surface area contributed by atoms with Crippen LogP contribution in [0.4, 0.5) is 15.8 Å². The normalized spacial score (nSPS) is 19.9. The first-order valence-electron chi connectivity index (χ1n) is 9.99. The fourth-order valence-electron chi connectivity index (χ4n) is 3.86. The lowest BCUT2D eigenvalue weighted by atomic mass is 9.88. The van der Waals surface area contributed by atoms with Crippen LogP contribution in [0.5, 0.6) is 0 Å². The first kappa shape index (κ1) is 19.3. The molecule has 0 bridgehead atoms. The molecule has 2 N–H and O–H groups in total. The molecule has 1 saturated heterocycles. The minimum absolute atomic E-state index is 0.0907. The van der Waals surface area contributed by atoms with E-state index in [0.717, 1.165) is 30.1 Å². The predicted octanol–water partition coefficient (Wildman–Crippen LogP) is 4.55. The Morgan fingerprint density at radius 3 is 2.79 bits per heavy atom. The molecule has 1 fully saturated rings. The van der Waals surface area contributed by atoms with Crippen LogP contribution < -0.4 is 10.6 Å². The molecule has 3 heterocycles. The highest BCUT2D eigenvalue weighted by molar-refractivity contribution is 5.90. The summed E-state index contributed by atoms with van der Waals surface area (Å²) in [6, 6.07) is 9.23. The standard InChI is InChI=1S/C23H26FN5/c1-14-6-7-29(13-15(14)2)19-9-16-4-5-21(28-23(16)27-12-19)17-8-18(11-26-3)22(25)20(24)10-17/h4-5,8-12,14-15H,6-7,13,25H2,1-3H3. The van der Waals surface area contributed by atoms with E-state index in [1.54, 1.807) is 19.3 Å². The van der Waals surface area contributed by atoms with Crippen LogP contribution >= 0.6 is 0 Å². The van der Waals surface area contributed by atoms with Crippen LogP contribution in [0.15, 0.2) is 41.5 Å². The molecule has 0 saturated carbocycles. The van der Waals surface area contributed by atoms with E-state index in [0.29, 0.717) is 28.4 Å². The zero-order valence-electron chi connectivity index (χ0n) is 17.1. The Morgan fingerprint density at radius 1 is 1.21 bits per heavy atom. The van der Waals surface area contributed by atoms with Crippen LogP contribution in [-0.2, 0) is 0 Å². The van der Waals surface area contributed by atoms with E-state index in [1.165, 1.54) is 12.5 Å². The maximum absolute atomic E-state index is 14.2. The monoisotopic (exact) mass is 391 g/mol. The van der Waals surface area contributed by atoms with Gasteiger partial charge in [-0.2, -0.15) is 0 Å². The fourth-order valence-corrected chi connectivity index (χ4v) is 3.86. The Bertz CT molecular complexity index is 1080. The van der Waals surface area contributed by atoms with Gasteiger partial charge in [0.2, 0.25) is 0 Å². The van der Waals surface area contributed by atoms with Gasteiger partial charge >= 0.3 is 0 Å². The van der Waals surface area contributed by atoms with Gasteiger partial charge in [0.05, 0.1) is 23.3 Å². The molecule has 2 aromatic heterocycles. The SMILES string of the molecule is CN=Cc1cc(-c2ccc3cc(N4CCC(C)C(C)C4)cnc3n2)cc(F)c1N. The number of pyridine rings is 2. The van der Waals surface area contributed by atoms with Crippen molar-refractivity contribution in [3.05, 3.63) is 47.9 Å². The van der Waals surface area contributed by atoms with E-state index in [-0.39, 0.29) is 5.69 Å². The molecule has 0 radical (unpaired) electrons. The number of aliphatic imine (C=N–C) groups is 1. The fraction of sp³-hybridized carbons (Fsp3) is 0.348. The molecule has 2 atom stereocenters.